The highest BCUT2D eigenvalue weighted by Gasteiger charge is 2.42. The van der Waals surface area contributed by atoms with Gasteiger partial charge in [-0.05, 0) is 19.9 Å². The third-order valence-corrected chi connectivity index (χ3v) is 4.25. The number of halogens is 2. The van der Waals surface area contributed by atoms with E-state index in [1.54, 1.807) is 13.8 Å². The van der Waals surface area contributed by atoms with Crippen LogP contribution < -0.4 is 10.1 Å². The fourth-order valence-corrected chi connectivity index (χ4v) is 3.05. The molecule has 1 saturated heterocycles. The Hall–Kier alpha value is -2.55. The molecule has 1 aliphatic rings. The lowest BCUT2D eigenvalue weighted by Gasteiger charge is -2.23. The Balaban J connectivity index is 2.22. The average Bonchev–Trinajstić information content (AvgIpc) is 3.01. The zero-order valence-electron chi connectivity index (χ0n) is 16.0. The molecule has 0 spiro atoms. The number of carbonyl (C=O) groups is 3. The van der Waals surface area contributed by atoms with E-state index in [4.69, 9.17) is 25.8 Å². The number of carbonyl (C=O) groups excluding carboxylic acids is 3. The molecule has 1 aliphatic heterocycles. The van der Waals surface area contributed by atoms with E-state index in [1.807, 2.05) is 0 Å². The molecule has 2 amide bonds. The van der Waals surface area contributed by atoms with Crippen molar-refractivity contribution in [2.24, 2.45) is 0 Å². The topological polar surface area (TPSA) is 94.2 Å². The Kier molecular flexibility index (Phi) is 7.06. The predicted octanol–water partition coefficient (Wildman–Crippen LogP) is 2.98. The van der Waals surface area contributed by atoms with Gasteiger partial charge in [0.05, 0.1) is 30.5 Å². The summed E-state index contributed by atoms with van der Waals surface area (Å²) in [6.45, 7) is 4.75. The van der Waals surface area contributed by atoms with Crippen LogP contribution in [0.4, 0.5) is 14.9 Å². The minimum Gasteiger partial charge on any atom is -0.489 e. The first-order valence-electron chi connectivity index (χ1n) is 8.60. The number of methoxy groups -OCH3 is 1. The molecule has 2 rings (SSSR count). The largest absolute Gasteiger partial charge is 0.489 e. The molecule has 28 heavy (non-hydrogen) atoms. The fraction of sp³-hybridized carbons (Fsp3) is 0.500. The van der Waals surface area contributed by atoms with Gasteiger partial charge in [-0.2, -0.15) is 0 Å². The average molecular weight is 417 g/mol. The molecule has 8 nitrogen and oxygen atoms in total. The number of ether oxygens (including phenoxy) is 3. The molecule has 1 N–H and O–H groups in total. The Bertz CT molecular complexity index is 773. The first-order chi connectivity index (χ1) is 13.1. The van der Waals surface area contributed by atoms with Crippen molar-refractivity contribution >= 4 is 35.3 Å². The summed E-state index contributed by atoms with van der Waals surface area (Å²) in [7, 11) is 1.19. The summed E-state index contributed by atoms with van der Waals surface area (Å²) in [6.07, 6.45) is -0.787. The van der Waals surface area contributed by atoms with Crippen molar-refractivity contribution in [3.05, 3.63) is 23.0 Å². The van der Waals surface area contributed by atoms with Gasteiger partial charge in [0.25, 0.3) is 0 Å². The maximum absolute atomic E-state index is 14.3. The molecule has 0 unspecified atom stereocenters. The van der Waals surface area contributed by atoms with Gasteiger partial charge in [0.2, 0.25) is 0 Å². The summed E-state index contributed by atoms with van der Waals surface area (Å²) in [6, 6.07) is 0.582. The molecule has 0 radical (unpaired) electrons. The lowest BCUT2D eigenvalue weighted by Crippen LogP contribution is -2.43. The Labute approximate surface area is 166 Å². The summed E-state index contributed by atoms with van der Waals surface area (Å²) < 4.78 is 29.5. The number of hydrogen-bond acceptors (Lipinski definition) is 6. The zero-order chi connectivity index (χ0) is 21.0. The molecule has 1 aromatic rings. The van der Waals surface area contributed by atoms with Crippen LogP contribution in [0.25, 0.3) is 0 Å². The molecule has 1 fully saturated rings. The van der Waals surface area contributed by atoms with Crippen LogP contribution in [0, 0.1) is 5.82 Å². The van der Waals surface area contributed by atoms with Crippen LogP contribution in [0.2, 0.25) is 5.02 Å². The summed E-state index contributed by atoms with van der Waals surface area (Å²) in [4.78, 5) is 37.0. The Morgan fingerprint density at radius 1 is 1.32 bits per heavy atom. The van der Waals surface area contributed by atoms with Gasteiger partial charge in [-0.25, -0.2) is 14.0 Å². The van der Waals surface area contributed by atoms with Crippen LogP contribution >= 0.6 is 11.6 Å². The van der Waals surface area contributed by atoms with Crippen LogP contribution in [-0.2, 0) is 19.1 Å². The lowest BCUT2D eigenvalue weighted by atomic mass is 10.2. The van der Waals surface area contributed by atoms with Gasteiger partial charge in [-0.1, -0.05) is 11.6 Å². The van der Waals surface area contributed by atoms with Crippen molar-refractivity contribution < 1.29 is 33.0 Å². The number of anilines is 1. The van der Waals surface area contributed by atoms with E-state index in [-0.39, 0.29) is 35.5 Å². The number of likely N-dealkylation sites (tertiary alicyclic amines) is 1. The van der Waals surface area contributed by atoms with Gasteiger partial charge in [0.1, 0.15) is 23.7 Å². The van der Waals surface area contributed by atoms with Crippen molar-refractivity contribution in [3.63, 3.8) is 0 Å². The smallest absolute Gasteiger partial charge is 0.328 e. The zero-order valence-corrected chi connectivity index (χ0v) is 16.7. The van der Waals surface area contributed by atoms with Gasteiger partial charge in [0, 0.05) is 19.4 Å². The summed E-state index contributed by atoms with van der Waals surface area (Å²) >= 11 is 5.96. The second kappa shape index (κ2) is 9.09. The number of nitrogens with zero attached hydrogens (tertiary/aromatic N) is 1. The first kappa shape index (κ1) is 21.7. The number of nitrogens with one attached hydrogen (secondary N) is 1. The molecule has 154 valence electrons. The molecule has 2 atom stereocenters. The second-order valence-electron chi connectivity index (χ2n) is 6.52. The van der Waals surface area contributed by atoms with Gasteiger partial charge in [-0.3, -0.25) is 4.79 Å². The van der Waals surface area contributed by atoms with E-state index in [0.29, 0.717) is 0 Å². The van der Waals surface area contributed by atoms with Crippen LogP contribution in [0.3, 0.4) is 0 Å². The SMILES string of the molecule is COC(=O)[C@H]1C[C@@H](OC(C)=O)CN1C(=O)Nc1cc(OC(C)C)c(Cl)cc1F. The number of rotatable bonds is 5. The van der Waals surface area contributed by atoms with Crippen LogP contribution in [-0.4, -0.2) is 54.8 Å². The maximum Gasteiger partial charge on any atom is 0.328 e. The van der Waals surface area contributed by atoms with Gasteiger partial charge in [-0.15, -0.1) is 0 Å². The fourth-order valence-electron chi connectivity index (χ4n) is 2.86. The van der Waals surface area contributed by atoms with E-state index in [9.17, 15) is 18.8 Å². The van der Waals surface area contributed by atoms with Crippen molar-refractivity contribution in [2.75, 3.05) is 19.0 Å². The van der Waals surface area contributed by atoms with Crippen LogP contribution in [0.1, 0.15) is 27.2 Å². The summed E-state index contributed by atoms with van der Waals surface area (Å²) in [5, 5.41) is 2.46. The minimum atomic E-state index is -0.962. The quantitative estimate of drug-likeness (QED) is 0.741. The summed E-state index contributed by atoms with van der Waals surface area (Å²) in [5.74, 6) is -1.75. The molecular weight excluding hydrogens is 395 g/mol. The molecule has 1 heterocycles. The predicted molar refractivity (Wildman–Crippen MR) is 98.9 cm³/mol. The highest BCUT2D eigenvalue weighted by molar-refractivity contribution is 6.32. The maximum atomic E-state index is 14.3. The van der Waals surface area contributed by atoms with E-state index in [2.05, 4.69) is 5.32 Å². The Morgan fingerprint density at radius 2 is 2.00 bits per heavy atom. The molecule has 0 bridgehead atoms. The van der Waals surface area contributed by atoms with Crippen molar-refractivity contribution in [3.8, 4) is 5.75 Å². The van der Waals surface area contributed by atoms with E-state index >= 15 is 0 Å². The standard InChI is InChI=1S/C18H22ClFN2O6/c1-9(2)27-16-7-14(13(20)6-12(16)19)21-18(25)22-8-11(28-10(3)23)5-15(22)17(24)26-4/h6-7,9,11,15H,5,8H2,1-4H3,(H,21,25)/t11-,15-/m1/s1. The highest BCUT2D eigenvalue weighted by atomic mass is 35.5. The van der Waals surface area contributed by atoms with Gasteiger partial charge >= 0.3 is 18.0 Å². The van der Waals surface area contributed by atoms with Gasteiger partial charge in [0.15, 0.2) is 0 Å². The molecular formula is C18H22ClFN2O6. The molecule has 0 saturated carbocycles. The monoisotopic (exact) mass is 416 g/mol. The Morgan fingerprint density at radius 3 is 2.57 bits per heavy atom. The number of benzene rings is 1. The third-order valence-electron chi connectivity index (χ3n) is 3.96. The molecule has 0 aliphatic carbocycles. The highest BCUT2D eigenvalue weighted by Crippen LogP contribution is 2.32. The van der Waals surface area contributed by atoms with Crippen molar-refractivity contribution in [2.45, 2.75) is 45.4 Å². The van der Waals surface area contributed by atoms with E-state index in [0.717, 1.165) is 11.0 Å². The van der Waals surface area contributed by atoms with Crippen molar-refractivity contribution in [1.82, 2.24) is 4.90 Å². The van der Waals surface area contributed by atoms with E-state index in [1.165, 1.54) is 20.1 Å². The van der Waals surface area contributed by atoms with Gasteiger partial charge < -0.3 is 24.4 Å². The number of hydrogen-bond donors (Lipinski definition) is 1. The van der Waals surface area contributed by atoms with Crippen molar-refractivity contribution in [1.29, 1.82) is 0 Å². The third kappa shape index (κ3) is 5.25. The normalized spacial score (nSPS) is 18.8. The van der Waals surface area contributed by atoms with Crippen LogP contribution in [0.5, 0.6) is 5.75 Å². The number of amides is 2. The lowest BCUT2D eigenvalue weighted by molar-refractivity contribution is -0.147. The number of urea groups is 1. The van der Waals surface area contributed by atoms with Crippen LogP contribution in [0.15, 0.2) is 12.1 Å². The van der Waals surface area contributed by atoms with E-state index < -0.39 is 35.9 Å². The molecule has 1 aromatic carbocycles. The second-order valence-corrected chi connectivity index (χ2v) is 6.92. The molecule has 10 heteroatoms. The minimum absolute atomic E-state index is 0.0320. The first-order valence-corrected chi connectivity index (χ1v) is 8.98. The molecule has 0 aromatic heterocycles. The summed E-state index contributed by atoms with van der Waals surface area (Å²) in [5.41, 5.74) is -0.162. The number of esters is 2.